The van der Waals surface area contributed by atoms with Crippen LogP contribution in [0.1, 0.15) is 26.5 Å². The van der Waals surface area contributed by atoms with Gasteiger partial charge in [0.1, 0.15) is 5.15 Å². The van der Waals surface area contributed by atoms with E-state index in [9.17, 15) is 0 Å². The molecule has 0 aliphatic rings. The Labute approximate surface area is 150 Å². The first-order valence-electron chi connectivity index (χ1n) is 5.89. The van der Waals surface area contributed by atoms with E-state index in [1.807, 2.05) is 18.2 Å². The minimum atomic E-state index is -0.111. The van der Waals surface area contributed by atoms with E-state index in [0.29, 0.717) is 16.0 Å². The summed E-state index contributed by atoms with van der Waals surface area (Å²) in [5.74, 6) is 0.554. The van der Waals surface area contributed by atoms with Crippen LogP contribution < -0.4 is 0 Å². The van der Waals surface area contributed by atoms with E-state index >= 15 is 0 Å². The first-order valence-corrected chi connectivity index (χ1v) is 8.52. The monoisotopic (exact) mass is 484 g/mol. The van der Waals surface area contributed by atoms with Gasteiger partial charge in [-0.25, -0.2) is 9.97 Å². The Morgan fingerprint density at radius 2 is 1.80 bits per heavy atom. The number of halogens is 4. The molecule has 0 amide bonds. The molecule has 0 N–H and O–H groups in total. The largest absolute Gasteiger partial charge is 0.231 e. The summed E-state index contributed by atoms with van der Waals surface area (Å²) in [7, 11) is 0. The summed E-state index contributed by atoms with van der Waals surface area (Å²) < 4.78 is 1.80. The molecule has 0 atom stereocenters. The minimum Gasteiger partial charge on any atom is -0.231 e. The van der Waals surface area contributed by atoms with Gasteiger partial charge in [0.15, 0.2) is 5.82 Å². The van der Waals surface area contributed by atoms with Gasteiger partial charge < -0.3 is 0 Å². The van der Waals surface area contributed by atoms with E-state index in [-0.39, 0.29) is 5.41 Å². The minimum absolute atomic E-state index is 0.111. The summed E-state index contributed by atoms with van der Waals surface area (Å²) in [4.78, 5) is 9.02. The smallest absolute Gasteiger partial charge is 0.162 e. The van der Waals surface area contributed by atoms with Gasteiger partial charge in [0.2, 0.25) is 0 Å². The molecule has 0 spiro atoms. The van der Waals surface area contributed by atoms with Crippen molar-refractivity contribution in [3.63, 3.8) is 0 Å². The molecule has 6 heteroatoms. The van der Waals surface area contributed by atoms with Gasteiger partial charge in [-0.05, 0) is 40.8 Å². The second-order valence-corrected chi connectivity index (χ2v) is 8.13. The van der Waals surface area contributed by atoms with Gasteiger partial charge in [0.05, 0.1) is 14.3 Å². The van der Waals surface area contributed by atoms with Gasteiger partial charge in [0.25, 0.3) is 0 Å². The van der Waals surface area contributed by atoms with E-state index in [0.717, 1.165) is 19.3 Å². The van der Waals surface area contributed by atoms with Gasteiger partial charge in [0, 0.05) is 15.5 Å². The standard InChI is InChI=1S/C14H12BrCl2IN2/c1-14(2,3)11-10(18)12(17)20-13(19-11)8-5-4-7(15)6-9(8)16/h4-6H,1-3H3. The maximum Gasteiger partial charge on any atom is 0.162 e. The molecule has 2 nitrogen and oxygen atoms in total. The van der Waals surface area contributed by atoms with Crippen molar-refractivity contribution in [2.45, 2.75) is 26.2 Å². The number of aromatic nitrogens is 2. The Morgan fingerprint density at radius 1 is 1.15 bits per heavy atom. The zero-order chi connectivity index (χ0) is 15.1. The summed E-state index contributed by atoms with van der Waals surface area (Å²) in [6, 6.07) is 5.62. The Balaban J connectivity index is 2.67. The second-order valence-electron chi connectivity index (χ2n) is 5.37. The van der Waals surface area contributed by atoms with Gasteiger partial charge in [-0.2, -0.15) is 0 Å². The molecule has 0 aliphatic heterocycles. The molecule has 0 saturated carbocycles. The van der Waals surface area contributed by atoms with Crippen molar-refractivity contribution in [2.24, 2.45) is 0 Å². The van der Waals surface area contributed by atoms with Crippen LogP contribution in [0, 0.1) is 3.57 Å². The van der Waals surface area contributed by atoms with Gasteiger partial charge in [-0.1, -0.05) is 59.9 Å². The van der Waals surface area contributed by atoms with Gasteiger partial charge in [-0.3, -0.25) is 0 Å². The second kappa shape index (κ2) is 6.07. The lowest BCUT2D eigenvalue weighted by atomic mass is 9.92. The Kier molecular flexibility index (Phi) is 4.99. The molecule has 1 heterocycles. The van der Waals surface area contributed by atoms with Crippen LogP contribution in [0.5, 0.6) is 0 Å². The number of hydrogen-bond donors (Lipinski definition) is 0. The molecular formula is C14H12BrCl2IN2. The molecule has 0 fully saturated rings. The van der Waals surface area contributed by atoms with E-state index in [2.05, 4.69) is 69.3 Å². The lowest BCUT2D eigenvalue weighted by Crippen LogP contribution is -2.17. The maximum absolute atomic E-state index is 6.27. The van der Waals surface area contributed by atoms with Crippen LogP contribution >= 0.6 is 61.7 Å². The molecule has 1 aromatic carbocycles. The van der Waals surface area contributed by atoms with Crippen molar-refractivity contribution in [1.29, 1.82) is 0 Å². The lowest BCUT2D eigenvalue weighted by Gasteiger charge is -2.20. The topological polar surface area (TPSA) is 25.8 Å². The maximum atomic E-state index is 6.27. The van der Waals surface area contributed by atoms with Crippen molar-refractivity contribution in [3.05, 3.63) is 42.1 Å². The summed E-state index contributed by atoms with van der Waals surface area (Å²) in [6.07, 6.45) is 0. The average molecular weight is 486 g/mol. The predicted octanol–water partition coefficient (Wildman–Crippen LogP) is 6.12. The van der Waals surface area contributed by atoms with Crippen LogP contribution in [0.4, 0.5) is 0 Å². The molecule has 0 unspecified atom stereocenters. The summed E-state index contributed by atoms with van der Waals surface area (Å²) in [5.41, 5.74) is 1.59. The van der Waals surface area contributed by atoms with Gasteiger partial charge in [-0.15, -0.1) is 0 Å². The fourth-order valence-corrected chi connectivity index (χ4v) is 3.69. The van der Waals surface area contributed by atoms with Crippen LogP contribution in [0.25, 0.3) is 11.4 Å². The number of benzene rings is 1. The van der Waals surface area contributed by atoms with Crippen molar-refractivity contribution >= 4 is 61.7 Å². The fraction of sp³-hybridized carbons (Fsp3) is 0.286. The van der Waals surface area contributed by atoms with Crippen molar-refractivity contribution in [1.82, 2.24) is 9.97 Å². The molecule has 0 saturated heterocycles. The fourth-order valence-electron chi connectivity index (χ4n) is 1.71. The third-order valence-corrected chi connectivity index (χ3v) is 5.11. The van der Waals surface area contributed by atoms with Crippen LogP contribution in [-0.4, -0.2) is 9.97 Å². The van der Waals surface area contributed by atoms with Crippen LogP contribution in [0.3, 0.4) is 0 Å². The Morgan fingerprint density at radius 3 is 2.35 bits per heavy atom. The summed E-state index contributed by atoms with van der Waals surface area (Å²) in [6.45, 7) is 6.29. The lowest BCUT2D eigenvalue weighted by molar-refractivity contribution is 0.563. The Hall–Kier alpha value is 0.0900. The third kappa shape index (κ3) is 3.46. The zero-order valence-corrected chi connectivity index (χ0v) is 16.4. The molecule has 0 radical (unpaired) electrons. The molecule has 1 aromatic heterocycles. The van der Waals surface area contributed by atoms with Crippen LogP contribution in [0.2, 0.25) is 10.2 Å². The highest BCUT2D eigenvalue weighted by atomic mass is 127. The number of nitrogens with zero attached hydrogens (tertiary/aromatic N) is 2. The van der Waals surface area contributed by atoms with Crippen molar-refractivity contribution < 1.29 is 0 Å². The van der Waals surface area contributed by atoms with Crippen LogP contribution in [0.15, 0.2) is 22.7 Å². The molecule has 0 bridgehead atoms. The Bertz CT molecular complexity index is 669. The first-order chi connectivity index (χ1) is 9.20. The molecule has 2 rings (SSSR count). The summed E-state index contributed by atoms with van der Waals surface area (Å²) >= 11 is 18.1. The highest BCUT2D eigenvalue weighted by molar-refractivity contribution is 14.1. The van der Waals surface area contributed by atoms with E-state index in [4.69, 9.17) is 23.2 Å². The third-order valence-electron chi connectivity index (χ3n) is 2.69. The highest BCUT2D eigenvalue weighted by Crippen LogP contribution is 2.34. The number of hydrogen-bond acceptors (Lipinski definition) is 2. The van der Waals surface area contributed by atoms with Gasteiger partial charge >= 0.3 is 0 Å². The highest BCUT2D eigenvalue weighted by Gasteiger charge is 2.23. The molecule has 20 heavy (non-hydrogen) atoms. The number of rotatable bonds is 1. The molecule has 106 valence electrons. The van der Waals surface area contributed by atoms with E-state index in [1.165, 1.54) is 0 Å². The van der Waals surface area contributed by atoms with Crippen molar-refractivity contribution in [3.8, 4) is 11.4 Å². The predicted molar refractivity (Wildman–Crippen MR) is 96.6 cm³/mol. The average Bonchev–Trinajstić information content (AvgIpc) is 2.31. The van der Waals surface area contributed by atoms with E-state index in [1.54, 1.807) is 0 Å². The van der Waals surface area contributed by atoms with Crippen LogP contribution in [-0.2, 0) is 5.41 Å². The normalized spacial score (nSPS) is 11.8. The van der Waals surface area contributed by atoms with Crippen molar-refractivity contribution in [2.75, 3.05) is 0 Å². The van der Waals surface area contributed by atoms with E-state index < -0.39 is 0 Å². The molecule has 0 aliphatic carbocycles. The quantitative estimate of drug-likeness (QED) is 0.359. The molecular weight excluding hydrogens is 474 g/mol. The molecule has 2 aromatic rings. The summed E-state index contributed by atoms with van der Waals surface area (Å²) in [5, 5.41) is 1.05. The SMILES string of the molecule is CC(C)(C)c1nc(-c2ccc(Br)cc2Cl)nc(Cl)c1I. The first kappa shape index (κ1) is 16.5. The zero-order valence-electron chi connectivity index (χ0n) is 11.1.